The lowest BCUT2D eigenvalue weighted by atomic mass is 9.82. The van der Waals surface area contributed by atoms with Crippen molar-refractivity contribution in [1.82, 2.24) is 0 Å². The fraction of sp³-hybridized carbons (Fsp3) is 0.290. The van der Waals surface area contributed by atoms with Crippen molar-refractivity contribution in [2.24, 2.45) is 0 Å². The molecule has 0 bridgehead atoms. The van der Waals surface area contributed by atoms with Gasteiger partial charge in [0.15, 0.2) is 44.7 Å². The smallest absolute Gasteiger partial charge is 0.194 e. The number of phenols is 4. The van der Waals surface area contributed by atoms with Crippen LogP contribution in [0.4, 0.5) is 0 Å². The van der Waals surface area contributed by atoms with Crippen molar-refractivity contribution >= 4 is 98.3 Å². The third-order valence-corrected chi connectivity index (χ3v) is 16.0. The third kappa shape index (κ3) is 7.04. The number of unbranched alkanes of at least 4 members (excludes halogenated alkanes) is 2. The average Bonchev–Trinajstić information content (AvgIpc) is 3.85. The zero-order chi connectivity index (χ0) is 55.5. The molecule has 10 aromatic carbocycles. The number of ether oxygens (including phenoxy) is 6. The first kappa shape index (κ1) is 51.5. The Balaban J connectivity index is 0.000000165. The predicted molar refractivity (Wildman–Crippen MR) is 303 cm³/mol. The number of aliphatic hydroxyl groups is 2. The minimum atomic E-state index is -0.434. The minimum Gasteiger partial charge on any atom is -0.507 e. The van der Waals surface area contributed by atoms with Crippen molar-refractivity contribution in [1.29, 1.82) is 0 Å². The molecule has 78 heavy (non-hydrogen) atoms. The molecular weight excluding hydrogens is 1000 g/mol. The van der Waals surface area contributed by atoms with Gasteiger partial charge in [-0.05, 0) is 98.1 Å². The Labute approximate surface area is 444 Å². The second-order valence-corrected chi connectivity index (χ2v) is 20.2. The van der Waals surface area contributed by atoms with E-state index in [4.69, 9.17) is 28.4 Å². The van der Waals surface area contributed by atoms with Gasteiger partial charge in [0.2, 0.25) is 0 Å². The van der Waals surface area contributed by atoms with Crippen LogP contribution in [0.15, 0.2) is 54.6 Å². The maximum Gasteiger partial charge on any atom is 0.194 e. The standard InChI is InChI=1S/2C31H28O8/c2*1-13-9-15-14(7-5-6-8-32)29(35)23-17(33)11-19(37-2)25-26-20(38-3)12-18(34)24-28(26)22(21(15)27(23)25)16(10-13)31(39-4)30(24)36/h10-12,32,35-36H,5-9H2,1-4H3;9,11-12,32,35-36H,5-8,10H2,1-4H3. The first-order chi connectivity index (χ1) is 37.6. The van der Waals surface area contributed by atoms with Crippen molar-refractivity contribution in [3.8, 4) is 57.5 Å². The molecule has 16 nitrogen and oxygen atoms in total. The summed E-state index contributed by atoms with van der Waals surface area (Å²) in [4.78, 5) is 54.1. The number of fused-ring (bicyclic) bond motifs is 2. The quantitative estimate of drug-likeness (QED) is 0.0338. The van der Waals surface area contributed by atoms with E-state index in [2.05, 4.69) is 0 Å². The SMILES string of the molecule is COc1c(O)c2c(=O)cc(OC)c3c4c(OC)cc(=O)c5c(O)c(CCCCO)c6c(c(c1C=C(C)C6)c23)c54.COc1c(O)c2c(=O)cc(OC)c3c4c(OC)cc(=O)c5c(O)c(CCCCO)c6c(c(c1CC(C)=C6)c23)c54. The van der Waals surface area contributed by atoms with Crippen LogP contribution in [0.25, 0.3) is 98.3 Å². The second kappa shape index (κ2) is 19.1. The highest BCUT2D eigenvalue weighted by Crippen LogP contribution is 2.58. The van der Waals surface area contributed by atoms with E-state index in [0.717, 1.165) is 22.3 Å². The van der Waals surface area contributed by atoms with E-state index in [1.807, 2.05) is 26.0 Å². The molecule has 0 atom stereocenters. The lowest BCUT2D eigenvalue weighted by molar-refractivity contribution is 0.284. The molecule has 0 saturated heterocycles. The molecule has 0 unspecified atom stereocenters. The van der Waals surface area contributed by atoms with Gasteiger partial charge in [-0.3, -0.25) is 19.2 Å². The van der Waals surface area contributed by atoms with Gasteiger partial charge in [-0.2, -0.15) is 0 Å². The number of hydrogen-bond donors (Lipinski definition) is 6. The van der Waals surface area contributed by atoms with Crippen LogP contribution < -0.4 is 50.1 Å². The van der Waals surface area contributed by atoms with Crippen molar-refractivity contribution in [2.75, 3.05) is 55.9 Å². The van der Waals surface area contributed by atoms with Gasteiger partial charge in [-0.25, -0.2) is 0 Å². The zero-order valence-electron chi connectivity index (χ0n) is 44.3. The van der Waals surface area contributed by atoms with Gasteiger partial charge in [-0.1, -0.05) is 23.3 Å². The van der Waals surface area contributed by atoms with Crippen LogP contribution in [0.2, 0.25) is 0 Å². The van der Waals surface area contributed by atoms with E-state index >= 15 is 0 Å². The Morgan fingerprint density at radius 1 is 0.372 bits per heavy atom. The molecule has 2 aliphatic rings. The number of rotatable bonds is 14. The largest absolute Gasteiger partial charge is 0.507 e. The lowest BCUT2D eigenvalue weighted by Crippen LogP contribution is -2.10. The zero-order valence-corrected chi connectivity index (χ0v) is 44.3. The van der Waals surface area contributed by atoms with Crippen LogP contribution in [0.1, 0.15) is 72.9 Å². The van der Waals surface area contributed by atoms with E-state index in [1.165, 1.54) is 66.9 Å². The number of aliphatic hydroxyl groups excluding tert-OH is 2. The average molecular weight is 1060 g/mol. The first-order valence-corrected chi connectivity index (χ1v) is 25.6. The molecular formula is C62H56O16. The molecule has 0 aliphatic heterocycles. The van der Waals surface area contributed by atoms with Crippen molar-refractivity contribution in [3.05, 3.63) is 110 Å². The van der Waals surface area contributed by atoms with Gasteiger partial charge in [0.05, 0.1) is 64.2 Å². The summed E-state index contributed by atoms with van der Waals surface area (Å²) in [6.07, 6.45) is 7.94. The Bertz CT molecular complexity index is 4520. The van der Waals surface area contributed by atoms with Crippen LogP contribution in [0.5, 0.6) is 57.5 Å². The Hall–Kier alpha value is -8.60. The molecule has 12 rings (SSSR count). The molecule has 0 radical (unpaired) electrons. The van der Waals surface area contributed by atoms with E-state index in [-0.39, 0.29) is 92.3 Å². The highest BCUT2D eigenvalue weighted by Gasteiger charge is 2.35. The molecule has 6 N–H and O–H groups in total. The first-order valence-electron chi connectivity index (χ1n) is 25.6. The summed E-state index contributed by atoms with van der Waals surface area (Å²) in [7, 11) is 8.73. The lowest BCUT2D eigenvalue weighted by Gasteiger charge is -2.24. The monoisotopic (exact) mass is 1060 g/mol. The highest BCUT2D eigenvalue weighted by atomic mass is 16.5. The summed E-state index contributed by atoms with van der Waals surface area (Å²) in [5, 5.41) is 72.2. The van der Waals surface area contributed by atoms with E-state index in [0.29, 0.717) is 138 Å². The number of phenolic OH excluding ortho intramolecular Hbond substituents is 4. The second-order valence-electron chi connectivity index (χ2n) is 20.2. The van der Waals surface area contributed by atoms with Crippen LogP contribution in [-0.4, -0.2) is 86.5 Å². The molecule has 0 spiro atoms. The van der Waals surface area contributed by atoms with Crippen molar-refractivity contribution in [2.45, 2.75) is 65.2 Å². The maximum absolute atomic E-state index is 13.6. The number of methoxy groups -OCH3 is 6. The van der Waals surface area contributed by atoms with Gasteiger partial charge in [-0.15, -0.1) is 0 Å². The van der Waals surface area contributed by atoms with E-state index in [1.54, 1.807) is 0 Å². The van der Waals surface area contributed by atoms with Gasteiger partial charge in [0, 0.05) is 103 Å². The Morgan fingerprint density at radius 3 is 1.14 bits per heavy atom. The summed E-state index contributed by atoms with van der Waals surface area (Å²) in [6.45, 7) is 3.93. The van der Waals surface area contributed by atoms with Gasteiger partial charge < -0.3 is 59.1 Å². The number of allylic oxidation sites excluding steroid dienone is 2. The van der Waals surface area contributed by atoms with Crippen LogP contribution >= 0.6 is 0 Å². The fourth-order valence-corrected chi connectivity index (χ4v) is 12.9. The minimum absolute atomic E-state index is 0.0128. The van der Waals surface area contributed by atoms with Crippen LogP contribution in [0, 0.1) is 0 Å². The summed E-state index contributed by atoms with van der Waals surface area (Å²) in [6, 6.07) is 5.30. The van der Waals surface area contributed by atoms with Gasteiger partial charge in [0.1, 0.15) is 34.5 Å². The van der Waals surface area contributed by atoms with Crippen LogP contribution in [-0.2, 0) is 25.7 Å². The summed E-state index contributed by atoms with van der Waals surface area (Å²) in [5.41, 5.74) is 4.28. The Kier molecular flexibility index (Phi) is 12.6. The summed E-state index contributed by atoms with van der Waals surface area (Å²) >= 11 is 0. The predicted octanol–water partition coefficient (Wildman–Crippen LogP) is 9.21. The summed E-state index contributed by atoms with van der Waals surface area (Å²) in [5.74, 6) is 0.726. The highest BCUT2D eigenvalue weighted by molar-refractivity contribution is 6.40. The molecule has 2 aliphatic carbocycles. The maximum atomic E-state index is 13.6. The number of benzene rings is 10. The number of hydrogen-bond acceptors (Lipinski definition) is 16. The molecule has 400 valence electrons. The van der Waals surface area contributed by atoms with Crippen molar-refractivity contribution < 1.29 is 59.1 Å². The normalized spacial score (nSPS) is 13.1. The molecule has 0 fully saturated rings. The molecule has 16 heteroatoms. The molecule has 0 heterocycles. The number of aromatic hydroxyl groups is 4. The van der Waals surface area contributed by atoms with E-state index in [9.17, 15) is 49.8 Å². The molecule has 0 aromatic heterocycles. The molecule has 0 amide bonds. The summed E-state index contributed by atoms with van der Waals surface area (Å²) < 4.78 is 34.2. The van der Waals surface area contributed by atoms with Gasteiger partial charge in [0.25, 0.3) is 0 Å². The van der Waals surface area contributed by atoms with Crippen molar-refractivity contribution in [3.63, 3.8) is 0 Å². The Morgan fingerprint density at radius 2 is 0.718 bits per heavy atom. The van der Waals surface area contributed by atoms with Crippen LogP contribution in [0.3, 0.4) is 0 Å². The van der Waals surface area contributed by atoms with Gasteiger partial charge >= 0.3 is 0 Å². The molecule has 10 aromatic rings. The van der Waals surface area contributed by atoms with E-state index < -0.39 is 21.7 Å². The third-order valence-electron chi connectivity index (χ3n) is 16.0. The molecule has 0 saturated carbocycles. The fourth-order valence-electron chi connectivity index (χ4n) is 12.9. The topological polar surface area (TPSA) is 245 Å².